The number of carbonyl (C=O) groups excluding carboxylic acids is 1. The predicted octanol–water partition coefficient (Wildman–Crippen LogP) is 1.11. The van der Waals surface area contributed by atoms with Crippen LogP contribution in [0.2, 0.25) is 0 Å². The van der Waals surface area contributed by atoms with Crippen molar-refractivity contribution in [2.45, 2.75) is 25.6 Å². The van der Waals surface area contributed by atoms with Gasteiger partial charge in [-0.05, 0) is 12.8 Å². The lowest BCUT2D eigenvalue weighted by Gasteiger charge is -2.33. The van der Waals surface area contributed by atoms with Crippen LogP contribution in [0.15, 0.2) is 10.3 Å². The van der Waals surface area contributed by atoms with E-state index in [1.165, 1.54) is 5.51 Å². The Morgan fingerprint density at radius 2 is 2.26 bits per heavy atom. The molecule has 0 radical (unpaired) electrons. The molecule has 0 aromatic carbocycles. The van der Waals surface area contributed by atoms with Gasteiger partial charge in [-0.25, -0.2) is 4.68 Å². The highest BCUT2D eigenvalue weighted by molar-refractivity contribution is 7.06. The molecule has 0 unspecified atom stereocenters. The fourth-order valence-electron chi connectivity index (χ4n) is 2.04. The van der Waals surface area contributed by atoms with E-state index in [-0.39, 0.29) is 19.5 Å². The van der Waals surface area contributed by atoms with Crippen molar-refractivity contribution in [2.75, 3.05) is 13.1 Å². The minimum atomic E-state index is -4.28. The lowest BCUT2D eigenvalue weighted by atomic mass is 9.97. The van der Waals surface area contributed by atoms with E-state index in [9.17, 15) is 22.8 Å². The maximum atomic E-state index is 12.6. The highest BCUT2D eigenvalue weighted by atomic mass is 32.1. The summed E-state index contributed by atoms with van der Waals surface area (Å²) in [6.07, 6.45) is -3.91. The van der Waals surface area contributed by atoms with Gasteiger partial charge in [0.2, 0.25) is 5.91 Å². The van der Waals surface area contributed by atoms with E-state index in [1.807, 2.05) is 0 Å². The van der Waals surface area contributed by atoms with Gasteiger partial charge in [0, 0.05) is 13.1 Å². The summed E-state index contributed by atoms with van der Waals surface area (Å²) in [5.41, 5.74) is 1.30. The molecule has 19 heavy (non-hydrogen) atoms. The van der Waals surface area contributed by atoms with Crippen molar-refractivity contribution in [3.63, 3.8) is 0 Å². The van der Waals surface area contributed by atoms with Crippen LogP contribution in [0.1, 0.15) is 12.8 Å². The first-order valence-corrected chi connectivity index (χ1v) is 6.61. The van der Waals surface area contributed by atoms with E-state index in [2.05, 4.69) is 5.10 Å². The number of carbonyl (C=O) groups is 1. The minimum Gasteiger partial charge on any atom is -0.340 e. The number of halogens is 3. The van der Waals surface area contributed by atoms with Crippen LogP contribution in [0.25, 0.3) is 0 Å². The first-order valence-electron chi connectivity index (χ1n) is 5.73. The van der Waals surface area contributed by atoms with E-state index >= 15 is 0 Å². The van der Waals surface area contributed by atoms with Crippen molar-refractivity contribution < 1.29 is 18.0 Å². The first kappa shape index (κ1) is 14.0. The summed E-state index contributed by atoms with van der Waals surface area (Å²) in [4.78, 5) is 23.9. The van der Waals surface area contributed by atoms with Crippen molar-refractivity contribution >= 4 is 17.2 Å². The summed E-state index contributed by atoms with van der Waals surface area (Å²) >= 11 is 0.843. The molecular formula is C10H12F3N3O2S. The second kappa shape index (κ2) is 5.32. The summed E-state index contributed by atoms with van der Waals surface area (Å²) in [7, 11) is 0. The highest BCUT2D eigenvalue weighted by Crippen LogP contribution is 2.33. The van der Waals surface area contributed by atoms with Gasteiger partial charge >= 0.3 is 11.0 Å². The topological polar surface area (TPSA) is 55.2 Å². The molecule has 106 valence electrons. The molecule has 2 rings (SSSR count). The van der Waals surface area contributed by atoms with Gasteiger partial charge < -0.3 is 4.90 Å². The van der Waals surface area contributed by atoms with Crippen molar-refractivity contribution in [3.05, 3.63) is 15.2 Å². The molecule has 1 atom stereocenters. The largest absolute Gasteiger partial charge is 0.393 e. The maximum absolute atomic E-state index is 12.6. The molecule has 0 bridgehead atoms. The van der Waals surface area contributed by atoms with Crippen LogP contribution in [-0.2, 0) is 11.3 Å². The zero-order valence-electron chi connectivity index (χ0n) is 9.89. The second-order valence-corrected chi connectivity index (χ2v) is 5.18. The Hall–Kier alpha value is -1.38. The summed E-state index contributed by atoms with van der Waals surface area (Å²) in [6, 6.07) is 0. The molecule has 2 heterocycles. The van der Waals surface area contributed by atoms with Gasteiger partial charge in [-0.2, -0.15) is 18.3 Å². The SMILES string of the molecule is O=C(Cn1ncsc1=O)N1CCC[C@@H](C(F)(F)F)C1. The molecule has 1 aliphatic rings. The van der Waals surface area contributed by atoms with Crippen molar-refractivity contribution in [2.24, 2.45) is 5.92 Å². The lowest BCUT2D eigenvalue weighted by molar-refractivity contribution is -0.188. The summed E-state index contributed by atoms with van der Waals surface area (Å²) in [5.74, 6) is -1.97. The van der Waals surface area contributed by atoms with Gasteiger partial charge in [-0.15, -0.1) is 0 Å². The molecule has 1 aromatic heterocycles. The standard InChI is InChI=1S/C10H12F3N3O2S/c11-10(12,13)7-2-1-3-15(4-7)8(17)5-16-9(18)19-6-14-16/h6-7H,1-5H2/t7-/m1/s1. The van der Waals surface area contributed by atoms with Crippen LogP contribution in [0.4, 0.5) is 13.2 Å². The molecule has 1 amide bonds. The zero-order chi connectivity index (χ0) is 14.0. The molecule has 0 saturated carbocycles. The minimum absolute atomic E-state index is 0.0456. The highest BCUT2D eigenvalue weighted by Gasteiger charge is 2.42. The number of alkyl halides is 3. The molecule has 1 saturated heterocycles. The van der Waals surface area contributed by atoms with E-state index in [0.717, 1.165) is 20.9 Å². The third kappa shape index (κ3) is 3.34. The number of nitrogens with zero attached hydrogens (tertiary/aromatic N) is 3. The van der Waals surface area contributed by atoms with Gasteiger partial charge in [0.05, 0.1) is 5.92 Å². The number of amides is 1. The Balaban J connectivity index is 2.00. The van der Waals surface area contributed by atoms with Crippen LogP contribution < -0.4 is 4.87 Å². The van der Waals surface area contributed by atoms with E-state index in [1.54, 1.807) is 0 Å². The summed E-state index contributed by atoms with van der Waals surface area (Å²) < 4.78 is 38.8. The Bertz CT molecular complexity index is 511. The third-order valence-corrected chi connectivity index (χ3v) is 3.68. The number of hydrogen-bond donors (Lipinski definition) is 0. The Morgan fingerprint density at radius 3 is 2.84 bits per heavy atom. The van der Waals surface area contributed by atoms with Gasteiger partial charge in [0.15, 0.2) is 0 Å². The fraction of sp³-hybridized carbons (Fsp3) is 0.700. The van der Waals surface area contributed by atoms with E-state index in [0.29, 0.717) is 13.0 Å². The van der Waals surface area contributed by atoms with Gasteiger partial charge in [0.1, 0.15) is 12.1 Å². The Morgan fingerprint density at radius 1 is 1.53 bits per heavy atom. The molecule has 0 N–H and O–H groups in total. The summed E-state index contributed by atoms with van der Waals surface area (Å²) in [5, 5.41) is 3.67. The Labute approximate surface area is 110 Å². The van der Waals surface area contributed by atoms with Gasteiger partial charge in [-0.1, -0.05) is 11.3 Å². The number of rotatable bonds is 2. The van der Waals surface area contributed by atoms with Crippen LogP contribution in [0.3, 0.4) is 0 Å². The van der Waals surface area contributed by atoms with Gasteiger partial charge in [0.25, 0.3) is 0 Å². The molecule has 1 aromatic rings. The predicted molar refractivity (Wildman–Crippen MR) is 61.7 cm³/mol. The third-order valence-electron chi connectivity index (χ3n) is 3.07. The lowest BCUT2D eigenvalue weighted by Crippen LogP contribution is -2.46. The normalized spacial score (nSPS) is 20.6. The van der Waals surface area contributed by atoms with E-state index < -0.39 is 22.9 Å². The molecule has 0 aliphatic carbocycles. The van der Waals surface area contributed by atoms with Gasteiger partial charge in [-0.3, -0.25) is 9.59 Å². The van der Waals surface area contributed by atoms with Crippen LogP contribution in [0.5, 0.6) is 0 Å². The van der Waals surface area contributed by atoms with Crippen molar-refractivity contribution in [1.82, 2.24) is 14.7 Å². The number of aromatic nitrogens is 2. The Kier molecular flexibility index (Phi) is 3.93. The zero-order valence-corrected chi connectivity index (χ0v) is 10.7. The first-order chi connectivity index (χ1) is 8.88. The monoisotopic (exact) mass is 295 g/mol. The number of likely N-dealkylation sites (tertiary alicyclic amines) is 1. The summed E-state index contributed by atoms with van der Waals surface area (Å²) in [6.45, 7) is -0.335. The van der Waals surface area contributed by atoms with Crippen LogP contribution in [-0.4, -0.2) is 39.9 Å². The number of piperidine rings is 1. The average molecular weight is 295 g/mol. The maximum Gasteiger partial charge on any atom is 0.393 e. The van der Waals surface area contributed by atoms with Crippen LogP contribution in [0, 0.1) is 5.92 Å². The van der Waals surface area contributed by atoms with Crippen LogP contribution >= 0.6 is 11.3 Å². The molecule has 1 fully saturated rings. The van der Waals surface area contributed by atoms with Crippen molar-refractivity contribution in [1.29, 1.82) is 0 Å². The smallest absolute Gasteiger partial charge is 0.340 e. The molecule has 9 heteroatoms. The number of hydrogen-bond acceptors (Lipinski definition) is 4. The second-order valence-electron chi connectivity index (χ2n) is 4.38. The molecule has 0 spiro atoms. The molecular weight excluding hydrogens is 283 g/mol. The fourth-order valence-corrected chi connectivity index (χ4v) is 2.52. The quantitative estimate of drug-likeness (QED) is 0.821. The molecule has 5 nitrogen and oxygen atoms in total. The average Bonchev–Trinajstić information content (AvgIpc) is 2.74. The molecule has 1 aliphatic heterocycles. The van der Waals surface area contributed by atoms with E-state index in [4.69, 9.17) is 0 Å². The van der Waals surface area contributed by atoms with Crippen molar-refractivity contribution in [3.8, 4) is 0 Å².